The summed E-state index contributed by atoms with van der Waals surface area (Å²) in [4.78, 5) is 10.5. The molecule has 1 saturated heterocycles. The molecule has 0 radical (unpaired) electrons. The number of ether oxygens (including phenoxy) is 1. The molecule has 33 heavy (non-hydrogen) atoms. The Kier molecular flexibility index (Phi) is 5.33. The van der Waals surface area contributed by atoms with E-state index in [1.54, 1.807) is 6.92 Å². The van der Waals surface area contributed by atoms with E-state index >= 15 is 0 Å². The Labute approximate surface area is 185 Å². The van der Waals surface area contributed by atoms with Crippen LogP contribution in [0.25, 0.3) is 0 Å². The normalized spacial score (nSPS) is 22.6. The van der Waals surface area contributed by atoms with Crippen LogP contribution in [-0.4, -0.2) is 50.2 Å². The van der Waals surface area contributed by atoms with Crippen molar-refractivity contribution in [1.29, 1.82) is 0 Å². The van der Waals surface area contributed by atoms with Crippen LogP contribution >= 0.6 is 0 Å². The highest BCUT2D eigenvalue weighted by Gasteiger charge is 2.44. The molecule has 3 atom stereocenters. The van der Waals surface area contributed by atoms with Crippen molar-refractivity contribution >= 4 is 12.0 Å². The standard InChI is InChI=1S/C20H21F4N7O2/c1-11-25-18(33-29-11)30-8-12-5-6-13(9-30)16(12)26-17-27-19(31(28-17)10-20(22,23)24)32-15-4-2-3-14(21)7-15/h2-4,7,12-13,16H,5-6,8-10H2,1H3,(H,26,28)/t12-,13+,16-. The van der Waals surface area contributed by atoms with Gasteiger partial charge in [0, 0.05) is 25.2 Å². The lowest BCUT2D eigenvalue weighted by molar-refractivity contribution is -0.143. The Bertz CT molecular complexity index is 1120. The Morgan fingerprint density at radius 3 is 2.58 bits per heavy atom. The SMILES string of the molecule is Cc1noc(N2C[C@H]3CC[C@@H](C2)[C@@H]3Nc2nc(Oc3cccc(F)c3)n(CC(F)(F)F)n2)n1. The lowest BCUT2D eigenvalue weighted by Crippen LogP contribution is -2.48. The van der Waals surface area contributed by atoms with E-state index in [0.717, 1.165) is 18.9 Å². The van der Waals surface area contributed by atoms with Crippen molar-refractivity contribution in [3.05, 3.63) is 35.9 Å². The van der Waals surface area contributed by atoms with Crippen molar-refractivity contribution in [2.75, 3.05) is 23.3 Å². The number of nitrogens with one attached hydrogen (secondary N) is 1. The molecule has 13 heteroatoms. The Hall–Kier alpha value is -3.38. The maximum absolute atomic E-state index is 13.5. The number of nitrogens with zero attached hydrogens (tertiary/aromatic N) is 6. The second-order valence-corrected chi connectivity index (χ2v) is 8.35. The summed E-state index contributed by atoms with van der Waals surface area (Å²) in [5.74, 6) is 0.460. The molecule has 1 aliphatic carbocycles. The van der Waals surface area contributed by atoms with Crippen molar-refractivity contribution in [3.8, 4) is 11.8 Å². The smallest absolute Gasteiger partial charge is 0.408 e. The van der Waals surface area contributed by atoms with Gasteiger partial charge in [0.15, 0.2) is 5.82 Å². The second-order valence-electron chi connectivity index (χ2n) is 8.35. The first-order chi connectivity index (χ1) is 15.7. The van der Waals surface area contributed by atoms with E-state index in [0.29, 0.717) is 29.6 Å². The van der Waals surface area contributed by atoms with Gasteiger partial charge in [-0.25, -0.2) is 9.07 Å². The van der Waals surface area contributed by atoms with Crippen LogP contribution in [0, 0.1) is 24.6 Å². The molecule has 3 aromatic rings. The number of piperidine rings is 1. The first-order valence-corrected chi connectivity index (χ1v) is 10.5. The van der Waals surface area contributed by atoms with E-state index in [1.165, 1.54) is 18.2 Å². The molecule has 0 spiro atoms. The molecule has 5 rings (SSSR count). The number of halogens is 4. The zero-order valence-corrected chi connectivity index (χ0v) is 17.6. The van der Waals surface area contributed by atoms with Crippen LogP contribution < -0.4 is 15.0 Å². The minimum Gasteiger partial charge on any atom is -0.424 e. The molecule has 0 amide bonds. The number of hydrogen-bond donors (Lipinski definition) is 1. The highest BCUT2D eigenvalue weighted by Crippen LogP contribution is 2.40. The number of rotatable bonds is 6. The number of hydrogen-bond acceptors (Lipinski definition) is 8. The van der Waals surface area contributed by atoms with Gasteiger partial charge in [-0.1, -0.05) is 11.2 Å². The number of aromatic nitrogens is 5. The van der Waals surface area contributed by atoms with E-state index in [9.17, 15) is 17.6 Å². The van der Waals surface area contributed by atoms with Crippen molar-refractivity contribution in [3.63, 3.8) is 0 Å². The van der Waals surface area contributed by atoms with Crippen molar-refractivity contribution < 1.29 is 26.8 Å². The number of alkyl halides is 3. The summed E-state index contributed by atoms with van der Waals surface area (Å²) in [5.41, 5.74) is 0. The van der Waals surface area contributed by atoms with Gasteiger partial charge in [0.05, 0.1) is 0 Å². The lowest BCUT2D eigenvalue weighted by Gasteiger charge is -2.37. The van der Waals surface area contributed by atoms with Gasteiger partial charge < -0.3 is 19.5 Å². The maximum Gasteiger partial charge on any atom is 0.408 e. The predicted octanol–water partition coefficient (Wildman–Crippen LogP) is 3.79. The monoisotopic (exact) mass is 467 g/mol. The summed E-state index contributed by atoms with van der Waals surface area (Å²) >= 11 is 0. The van der Waals surface area contributed by atoms with Crippen molar-refractivity contribution in [2.45, 2.75) is 38.5 Å². The fourth-order valence-corrected chi connectivity index (χ4v) is 4.55. The van der Waals surface area contributed by atoms with E-state index in [2.05, 4.69) is 25.5 Å². The second kappa shape index (κ2) is 8.19. The third-order valence-corrected chi connectivity index (χ3v) is 5.89. The van der Waals surface area contributed by atoms with Crippen LogP contribution in [0.3, 0.4) is 0 Å². The fraction of sp³-hybridized carbons (Fsp3) is 0.500. The number of benzene rings is 1. The van der Waals surface area contributed by atoms with E-state index in [4.69, 9.17) is 9.26 Å². The Balaban J connectivity index is 1.34. The molecule has 2 aliphatic rings. The molecular formula is C20H21F4N7O2. The number of aryl methyl sites for hydroxylation is 1. The first-order valence-electron chi connectivity index (χ1n) is 10.5. The van der Waals surface area contributed by atoms with Crippen LogP contribution in [0.5, 0.6) is 11.8 Å². The van der Waals surface area contributed by atoms with Crippen molar-refractivity contribution in [1.82, 2.24) is 24.9 Å². The van der Waals surface area contributed by atoms with E-state index < -0.39 is 18.5 Å². The van der Waals surface area contributed by atoms with Gasteiger partial charge >= 0.3 is 18.2 Å². The van der Waals surface area contributed by atoms with Gasteiger partial charge in [0.25, 0.3) is 0 Å². The summed E-state index contributed by atoms with van der Waals surface area (Å²) in [6.07, 6.45) is -2.64. The molecule has 9 nitrogen and oxygen atoms in total. The highest BCUT2D eigenvalue weighted by atomic mass is 19.4. The predicted molar refractivity (Wildman–Crippen MR) is 107 cm³/mol. The number of fused-ring (bicyclic) bond motifs is 2. The van der Waals surface area contributed by atoms with Crippen LogP contribution in [0.4, 0.5) is 29.5 Å². The highest BCUT2D eigenvalue weighted by molar-refractivity contribution is 5.35. The molecule has 2 aromatic heterocycles. The van der Waals surface area contributed by atoms with Crippen LogP contribution in [0.1, 0.15) is 18.7 Å². The van der Waals surface area contributed by atoms with E-state index in [1.807, 2.05) is 4.90 Å². The van der Waals surface area contributed by atoms with Gasteiger partial charge in [-0.15, -0.1) is 5.10 Å². The molecule has 2 bridgehead atoms. The van der Waals surface area contributed by atoms with Gasteiger partial charge in [-0.2, -0.15) is 23.1 Å². The average Bonchev–Trinajstić information content (AvgIpc) is 3.37. The molecular weight excluding hydrogens is 446 g/mol. The quantitative estimate of drug-likeness (QED) is 0.548. The Morgan fingerprint density at radius 1 is 1.18 bits per heavy atom. The van der Waals surface area contributed by atoms with Crippen LogP contribution in [-0.2, 0) is 6.54 Å². The summed E-state index contributed by atoms with van der Waals surface area (Å²) in [6.45, 7) is 1.72. The van der Waals surface area contributed by atoms with Crippen molar-refractivity contribution in [2.24, 2.45) is 11.8 Å². The topological polar surface area (TPSA) is 94.1 Å². The molecule has 2 fully saturated rings. The molecule has 1 aromatic carbocycles. The summed E-state index contributed by atoms with van der Waals surface area (Å²) in [5, 5.41) is 11.0. The molecule has 1 N–H and O–H groups in total. The molecule has 3 heterocycles. The maximum atomic E-state index is 13.5. The molecule has 1 aliphatic heterocycles. The molecule has 0 unspecified atom stereocenters. The minimum absolute atomic E-state index is 0.0194. The van der Waals surface area contributed by atoms with Gasteiger partial charge in [-0.05, 0) is 43.7 Å². The summed E-state index contributed by atoms with van der Waals surface area (Å²) in [7, 11) is 0. The molecule has 1 saturated carbocycles. The molecule has 176 valence electrons. The van der Waals surface area contributed by atoms with Gasteiger partial charge in [0.1, 0.15) is 18.1 Å². The van der Waals surface area contributed by atoms with Gasteiger partial charge in [0.2, 0.25) is 5.95 Å². The first kappa shape index (κ1) is 21.5. The fourth-order valence-electron chi connectivity index (χ4n) is 4.55. The minimum atomic E-state index is -4.53. The zero-order valence-electron chi connectivity index (χ0n) is 17.6. The summed E-state index contributed by atoms with van der Waals surface area (Å²) < 4.78 is 64.1. The largest absolute Gasteiger partial charge is 0.424 e. The Morgan fingerprint density at radius 2 is 1.94 bits per heavy atom. The third kappa shape index (κ3) is 4.71. The average molecular weight is 467 g/mol. The summed E-state index contributed by atoms with van der Waals surface area (Å²) in [6, 6.07) is 5.18. The zero-order chi connectivity index (χ0) is 23.2. The third-order valence-electron chi connectivity index (χ3n) is 5.89. The van der Waals surface area contributed by atoms with Gasteiger partial charge in [-0.3, -0.25) is 0 Å². The lowest BCUT2D eigenvalue weighted by atomic mass is 9.92. The number of anilines is 2. The van der Waals surface area contributed by atoms with E-state index in [-0.39, 0.29) is 35.6 Å². The van der Waals surface area contributed by atoms with Crippen LogP contribution in [0.2, 0.25) is 0 Å². The van der Waals surface area contributed by atoms with Crippen LogP contribution in [0.15, 0.2) is 28.8 Å².